The lowest BCUT2D eigenvalue weighted by Crippen LogP contribution is -2.48. The zero-order chi connectivity index (χ0) is 20.6. The lowest BCUT2D eigenvalue weighted by atomic mass is 9.96. The topological polar surface area (TPSA) is 74.7 Å². The number of aliphatic carboxylic acids is 1. The normalized spacial score (nSPS) is 16.9. The molecule has 1 aliphatic heterocycles. The lowest BCUT2D eigenvalue weighted by molar-refractivity contribution is -0.141. The maximum Gasteiger partial charge on any atom is 0.322 e. The molecule has 148 valence electrons. The van der Waals surface area contributed by atoms with E-state index in [2.05, 4.69) is 0 Å². The predicted molar refractivity (Wildman–Crippen MR) is 111 cm³/mol. The first-order chi connectivity index (χ1) is 13.9. The summed E-state index contributed by atoms with van der Waals surface area (Å²) in [6, 6.07) is 19.9. The number of benzene rings is 3. The molecule has 7 heteroatoms. The molecular weight excluding hydrogens is 410 g/mol. The molecule has 0 radical (unpaired) electrons. The number of carbonyl (C=O) groups is 1. The maximum atomic E-state index is 13.7. The molecule has 1 heterocycles. The fourth-order valence-electron chi connectivity index (χ4n) is 3.65. The number of sulfonamides is 1. The number of halogens is 1. The van der Waals surface area contributed by atoms with Crippen molar-refractivity contribution in [3.63, 3.8) is 0 Å². The van der Waals surface area contributed by atoms with Gasteiger partial charge in [0, 0.05) is 23.6 Å². The van der Waals surface area contributed by atoms with Gasteiger partial charge >= 0.3 is 5.97 Å². The van der Waals surface area contributed by atoms with Crippen LogP contribution in [0.3, 0.4) is 0 Å². The Bertz CT molecular complexity index is 1180. The monoisotopic (exact) mass is 427 g/mol. The number of fused-ring (bicyclic) bond motifs is 1. The van der Waals surface area contributed by atoms with Crippen LogP contribution in [0.15, 0.2) is 77.7 Å². The molecule has 0 fully saturated rings. The molecule has 5 nitrogen and oxygen atoms in total. The van der Waals surface area contributed by atoms with Crippen molar-refractivity contribution >= 4 is 27.6 Å². The van der Waals surface area contributed by atoms with Gasteiger partial charge in [0.1, 0.15) is 6.04 Å². The molecule has 4 rings (SSSR count). The molecule has 1 atom stereocenters. The first-order valence-corrected chi connectivity index (χ1v) is 10.9. The van der Waals surface area contributed by atoms with E-state index in [1.807, 2.05) is 54.6 Å². The Morgan fingerprint density at radius 3 is 2.31 bits per heavy atom. The summed E-state index contributed by atoms with van der Waals surface area (Å²) in [5.74, 6) is -1.17. The second-order valence-electron chi connectivity index (χ2n) is 6.88. The van der Waals surface area contributed by atoms with Gasteiger partial charge in [0.15, 0.2) is 0 Å². The Balaban J connectivity index is 1.87. The summed E-state index contributed by atoms with van der Waals surface area (Å²) in [5.41, 5.74) is 2.85. The van der Waals surface area contributed by atoms with Crippen molar-refractivity contribution in [1.82, 2.24) is 4.31 Å². The highest BCUT2D eigenvalue weighted by molar-refractivity contribution is 7.89. The molecule has 29 heavy (non-hydrogen) atoms. The molecule has 0 aliphatic carbocycles. The van der Waals surface area contributed by atoms with Crippen LogP contribution in [0, 0.1) is 0 Å². The minimum Gasteiger partial charge on any atom is -0.480 e. The van der Waals surface area contributed by atoms with E-state index in [-0.39, 0.29) is 22.9 Å². The van der Waals surface area contributed by atoms with Crippen LogP contribution in [0.1, 0.15) is 11.1 Å². The summed E-state index contributed by atoms with van der Waals surface area (Å²) in [4.78, 5) is 11.9. The fraction of sp³-hybridized carbons (Fsp3) is 0.136. The van der Waals surface area contributed by atoms with Crippen molar-refractivity contribution in [1.29, 1.82) is 0 Å². The second kappa shape index (κ2) is 7.63. The van der Waals surface area contributed by atoms with Crippen molar-refractivity contribution < 1.29 is 18.3 Å². The average Bonchev–Trinajstić information content (AvgIpc) is 2.73. The molecule has 0 saturated heterocycles. The van der Waals surface area contributed by atoms with E-state index in [4.69, 9.17) is 11.6 Å². The predicted octanol–water partition coefficient (Wildman–Crippen LogP) is 4.21. The number of carboxylic acid groups (broad SMARTS) is 1. The molecule has 0 amide bonds. The Kier molecular flexibility index (Phi) is 5.17. The van der Waals surface area contributed by atoms with Gasteiger partial charge in [-0.2, -0.15) is 4.31 Å². The number of hydrogen-bond donors (Lipinski definition) is 1. The van der Waals surface area contributed by atoms with Gasteiger partial charge in [-0.05, 0) is 28.8 Å². The van der Waals surface area contributed by atoms with E-state index in [0.29, 0.717) is 11.1 Å². The van der Waals surface area contributed by atoms with E-state index in [9.17, 15) is 18.3 Å². The van der Waals surface area contributed by atoms with Gasteiger partial charge in [0.05, 0.1) is 4.90 Å². The van der Waals surface area contributed by atoms with Crippen molar-refractivity contribution in [3.05, 3.63) is 88.9 Å². The van der Waals surface area contributed by atoms with Crippen LogP contribution in [0.5, 0.6) is 0 Å². The second-order valence-corrected chi connectivity index (χ2v) is 9.18. The molecule has 0 unspecified atom stereocenters. The van der Waals surface area contributed by atoms with Crippen LogP contribution in [0.4, 0.5) is 0 Å². The van der Waals surface area contributed by atoms with E-state index in [1.165, 1.54) is 6.07 Å². The highest BCUT2D eigenvalue weighted by Crippen LogP contribution is 2.35. The molecule has 0 bridgehead atoms. The molecule has 3 aromatic carbocycles. The van der Waals surface area contributed by atoms with Crippen LogP contribution in [-0.4, -0.2) is 29.8 Å². The van der Waals surface area contributed by atoms with Crippen molar-refractivity contribution in [2.75, 3.05) is 0 Å². The first-order valence-electron chi connectivity index (χ1n) is 9.04. The zero-order valence-corrected chi connectivity index (χ0v) is 16.9. The third-order valence-electron chi connectivity index (χ3n) is 5.11. The fourth-order valence-corrected chi connectivity index (χ4v) is 5.69. The third kappa shape index (κ3) is 3.67. The van der Waals surface area contributed by atoms with Gasteiger partial charge in [0.2, 0.25) is 10.0 Å². The highest BCUT2D eigenvalue weighted by atomic mass is 35.5. The molecule has 3 aromatic rings. The zero-order valence-electron chi connectivity index (χ0n) is 15.3. The molecule has 1 N–H and O–H groups in total. The summed E-state index contributed by atoms with van der Waals surface area (Å²) in [6.45, 7) is -0.00375. The van der Waals surface area contributed by atoms with Crippen LogP contribution in [0.2, 0.25) is 5.02 Å². The Morgan fingerprint density at radius 2 is 1.62 bits per heavy atom. The summed E-state index contributed by atoms with van der Waals surface area (Å²) < 4.78 is 28.4. The summed E-state index contributed by atoms with van der Waals surface area (Å²) in [7, 11) is -4.13. The Hall–Kier alpha value is -2.67. The Labute approximate surface area is 174 Å². The van der Waals surface area contributed by atoms with Gasteiger partial charge < -0.3 is 5.11 Å². The van der Waals surface area contributed by atoms with E-state index in [1.54, 1.807) is 12.1 Å². The van der Waals surface area contributed by atoms with E-state index >= 15 is 0 Å². The highest BCUT2D eigenvalue weighted by Gasteiger charge is 2.40. The van der Waals surface area contributed by atoms with E-state index < -0.39 is 22.0 Å². The average molecular weight is 428 g/mol. The van der Waals surface area contributed by atoms with Gasteiger partial charge in [-0.3, -0.25) is 4.79 Å². The number of carboxylic acids is 1. The maximum absolute atomic E-state index is 13.7. The molecular formula is C22H18ClNO4S. The van der Waals surface area contributed by atoms with Crippen LogP contribution in [0.25, 0.3) is 11.1 Å². The van der Waals surface area contributed by atoms with Gasteiger partial charge in [0.25, 0.3) is 0 Å². The van der Waals surface area contributed by atoms with Crippen molar-refractivity contribution in [3.8, 4) is 11.1 Å². The Morgan fingerprint density at radius 1 is 0.966 bits per heavy atom. The van der Waals surface area contributed by atoms with Gasteiger partial charge in [-0.25, -0.2) is 8.42 Å². The number of hydrogen-bond acceptors (Lipinski definition) is 3. The smallest absolute Gasteiger partial charge is 0.322 e. The number of nitrogens with zero attached hydrogens (tertiary/aromatic N) is 1. The molecule has 0 aromatic heterocycles. The minimum absolute atomic E-state index is 0.00170. The standard InChI is InChI=1S/C22H18ClNO4S/c23-18-10-11-19(15-6-2-1-3-7-15)21(13-18)29(27,28)24-14-17-9-5-4-8-16(17)12-20(24)22(25)26/h1-11,13,20H,12,14H2,(H,25,26)/t20-/m1/s1. The van der Waals surface area contributed by atoms with Crippen LogP contribution >= 0.6 is 11.6 Å². The first kappa shape index (κ1) is 19.6. The quantitative estimate of drug-likeness (QED) is 0.676. The van der Waals surface area contributed by atoms with Crippen molar-refractivity contribution in [2.24, 2.45) is 0 Å². The van der Waals surface area contributed by atoms with E-state index in [0.717, 1.165) is 15.4 Å². The largest absolute Gasteiger partial charge is 0.480 e. The molecule has 0 saturated carbocycles. The molecule has 0 spiro atoms. The SMILES string of the molecule is O=C(O)[C@H]1Cc2ccccc2CN1S(=O)(=O)c1cc(Cl)ccc1-c1ccccc1. The minimum atomic E-state index is -4.13. The third-order valence-corrected chi connectivity index (χ3v) is 7.24. The summed E-state index contributed by atoms with van der Waals surface area (Å²) in [6.07, 6.45) is 0.117. The number of rotatable bonds is 4. The van der Waals surface area contributed by atoms with Crippen LogP contribution in [-0.2, 0) is 27.8 Å². The lowest BCUT2D eigenvalue weighted by Gasteiger charge is -2.34. The van der Waals surface area contributed by atoms with Gasteiger partial charge in [-0.1, -0.05) is 72.3 Å². The molecule has 1 aliphatic rings. The van der Waals surface area contributed by atoms with Gasteiger partial charge in [-0.15, -0.1) is 0 Å². The van der Waals surface area contributed by atoms with Crippen molar-refractivity contribution in [2.45, 2.75) is 23.9 Å². The summed E-state index contributed by atoms with van der Waals surface area (Å²) in [5, 5.41) is 10.0. The summed E-state index contributed by atoms with van der Waals surface area (Å²) >= 11 is 6.13. The van der Waals surface area contributed by atoms with Crippen LogP contribution < -0.4 is 0 Å².